The number of hydrogen-bond donors (Lipinski definition) is 1. The van der Waals surface area contributed by atoms with Gasteiger partial charge in [0.1, 0.15) is 0 Å². The van der Waals surface area contributed by atoms with E-state index in [0.29, 0.717) is 0 Å². The van der Waals surface area contributed by atoms with E-state index in [2.05, 4.69) is 32.9 Å². The van der Waals surface area contributed by atoms with E-state index in [-0.39, 0.29) is 5.92 Å². The summed E-state index contributed by atoms with van der Waals surface area (Å²) in [6, 6.07) is 0. The third kappa shape index (κ3) is 32.0. The molecule has 244 valence electrons. The van der Waals surface area contributed by atoms with Crippen LogP contribution in [0, 0.1) is 11.8 Å². The molecule has 0 bridgehead atoms. The molecule has 0 heterocycles. The van der Waals surface area contributed by atoms with Gasteiger partial charge in [0.2, 0.25) is 0 Å². The van der Waals surface area contributed by atoms with E-state index in [1.54, 1.807) is 0 Å². The second kappa shape index (κ2) is 33.7. The van der Waals surface area contributed by atoms with Gasteiger partial charge in [0.25, 0.3) is 0 Å². The van der Waals surface area contributed by atoms with Crippen LogP contribution in [0.5, 0.6) is 0 Å². The van der Waals surface area contributed by atoms with E-state index in [1.165, 1.54) is 173 Å². The smallest absolute Gasteiger partial charge is 0.306 e. The Bertz CT molecular complexity index is 540. The molecule has 0 aromatic heterocycles. The zero-order chi connectivity index (χ0) is 30.1. The van der Waals surface area contributed by atoms with Crippen LogP contribution in [0.2, 0.25) is 0 Å². The van der Waals surface area contributed by atoms with Crippen molar-refractivity contribution < 1.29 is 9.90 Å². The Morgan fingerprint density at radius 2 is 0.805 bits per heavy atom. The number of rotatable bonds is 34. The number of carbonyl (C=O) groups is 1. The van der Waals surface area contributed by atoms with Crippen LogP contribution >= 0.6 is 0 Å². The van der Waals surface area contributed by atoms with E-state index in [9.17, 15) is 9.90 Å². The first kappa shape index (κ1) is 40.2. The highest BCUT2D eigenvalue weighted by atomic mass is 16.4. The van der Waals surface area contributed by atoms with Crippen LogP contribution in [-0.2, 0) is 4.79 Å². The average Bonchev–Trinajstić information content (AvgIpc) is 2.96. The fraction of sp³-hybridized carbons (Fsp3) is 0.923. The van der Waals surface area contributed by atoms with E-state index >= 15 is 0 Å². The van der Waals surface area contributed by atoms with Gasteiger partial charge < -0.3 is 5.11 Å². The number of unbranched alkanes of at least 4 members (excludes halogenated alkanes) is 25. The molecule has 1 N–H and O–H groups in total. The number of carboxylic acid groups (broad SMARTS) is 1. The summed E-state index contributed by atoms with van der Waals surface area (Å²) in [5.74, 6) is 0.0795. The number of hydrogen-bond acceptors (Lipinski definition) is 1. The van der Waals surface area contributed by atoms with Crippen molar-refractivity contribution in [2.45, 2.75) is 220 Å². The number of carboxylic acids is 1. The molecular formula is C39H76O2. The summed E-state index contributed by atoms with van der Waals surface area (Å²) >= 11 is 0. The van der Waals surface area contributed by atoms with Crippen LogP contribution in [0.4, 0.5) is 0 Å². The summed E-state index contributed by atoms with van der Waals surface area (Å²) in [5, 5.41) is 9.63. The largest absolute Gasteiger partial charge is 0.481 e. The molecule has 0 amide bonds. The van der Waals surface area contributed by atoms with Crippen LogP contribution in [-0.4, -0.2) is 11.1 Å². The van der Waals surface area contributed by atoms with Crippen LogP contribution in [0.15, 0.2) is 12.2 Å². The Labute approximate surface area is 259 Å². The van der Waals surface area contributed by atoms with Crippen molar-refractivity contribution in [1.29, 1.82) is 0 Å². The molecule has 2 atom stereocenters. The van der Waals surface area contributed by atoms with Crippen molar-refractivity contribution in [1.82, 2.24) is 0 Å². The van der Waals surface area contributed by atoms with Crippen molar-refractivity contribution in [3.63, 3.8) is 0 Å². The van der Waals surface area contributed by atoms with Crippen LogP contribution in [0.1, 0.15) is 220 Å². The first-order valence-electron chi connectivity index (χ1n) is 19.0. The second-order valence-electron chi connectivity index (χ2n) is 13.4. The Balaban J connectivity index is 3.48. The predicted molar refractivity (Wildman–Crippen MR) is 184 cm³/mol. The van der Waals surface area contributed by atoms with E-state index in [4.69, 9.17) is 0 Å². The third-order valence-corrected chi connectivity index (χ3v) is 9.16. The highest BCUT2D eigenvalue weighted by Crippen LogP contribution is 2.20. The normalized spacial score (nSPS) is 13.2. The quantitative estimate of drug-likeness (QED) is 0.0611. The first-order chi connectivity index (χ1) is 20.1. The average molecular weight is 577 g/mol. The Kier molecular flexibility index (Phi) is 33.1. The van der Waals surface area contributed by atoms with Crippen LogP contribution in [0.25, 0.3) is 0 Å². The minimum atomic E-state index is -0.560. The molecule has 0 aliphatic heterocycles. The third-order valence-electron chi connectivity index (χ3n) is 9.16. The lowest BCUT2D eigenvalue weighted by Crippen LogP contribution is -2.13. The zero-order valence-electron chi connectivity index (χ0n) is 28.6. The van der Waals surface area contributed by atoms with E-state index in [1.807, 2.05) is 0 Å². The molecule has 41 heavy (non-hydrogen) atoms. The molecule has 0 aliphatic carbocycles. The van der Waals surface area contributed by atoms with Crippen LogP contribution < -0.4 is 0 Å². The summed E-state index contributed by atoms with van der Waals surface area (Å²) < 4.78 is 0. The van der Waals surface area contributed by atoms with Gasteiger partial charge in [-0.15, -0.1) is 0 Å². The van der Waals surface area contributed by atoms with Gasteiger partial charge >= 0.3 is 5.97 Å². The zero-order valence-corrected chi connectivity index (χ0v) is 28.6. The van der Waals surface area contributed by atoms with Crippen molar-refractivity contribution in [3.8, 4) is 0 Å². The maximum Gasteiger partial charge on any atom is 0.306 e. The number of aliphatic carboxylic acids is 1. The first-order valence-corrected chi connectivity index (χ1v) is 19.0. The molecule has 0 saturated carbocycles. The summed E-state index contributed by atoms with van der Waals surface area (Å²) in [6.07, 6.45) is 45.5. The molecule has 0 aliphatic rings. The second-order valence-corrected chi connectivity index (χ2v) is 13.4. The standard InChI is InChI=1S/C39H76O2/c1-4-6-8-10-11-12-13-14-15-16-20-23-27-31-35-38(39(40)41)36-32-28-24-21-18-17-19-22-26-30-34-37(3)33-29-25-9-7-5-2/h30,34,37-38H,4-29,31-33,35-36H2,1-3H3,(H,40,41). The van der Waals surface area contributed by atoms with Gasteiger partial charge in [-0.3, -0.25) is 4.79 Å². The van der Waals surface area contributed by atoms with Gasteiger partial charge in [0.15, 0.2) is 0 Å². The van der Waals surface area contributed by atoms with Gasteiger partial charge in [-0.25, -0.2) is 0 Å². The Hall–Kier alpha value is -0.790. The molecule has 0 rings (SSSR count). The maximum absolute atomic E-state index is 11.7. The molecule has 2 heteroatoms. The van der Waals surface area contributed by atoms with Gasteiger partial charge in [-0.1, -0.05) is 200 Å². The molecule has 0 fully saturated rings. The van der Waals surface area contributed by atoms with Crippen molar-refractivity contribution in [2.75, 3.05) is 0 Å². The fourth-order valence-electron chi connectivity index (χ4n) is 6.18. The Morgan fingerprint density at radius 1 is 0.488 bits per heavy atom. The summed E-state index contributed by atoms with van der Waals surface area (Å²) in [6.45, 7) is 6.94. The van der Waals surface area contributed by atoms with Gasteiger partial charge in [-0.2, -0.15) is 0 Å². The highest BCUT2D eigenvalue weighted by Gasteiger charge is 2.16. The van der Waals surface area contributed by atoms with Crippen molar-refractivity contribution >= 4 is 5.97 Å². The molecule has 2 nitrogen and oxygen atoms in total. The lowest BCUT2D eigenvalue weighted by molar-refractivity contribution is -0.142. The lowest BCUT2D eigenvalue weighted by atomic mass is 9.94. The number of allylic oxidation sites excluding steroid dienone is 2. The molecule has 0 aromatic rings. The molecule has 0 aromatic carbocycles. The van der Waals surface area contributed by atoms with Crippen molar-refractivity contribution in [2.24, 2.45) is 11.8 Å². The highest BCUT2D eigenvalue weighted by molar-refractivity contribution is 5.69. The fourth-order valence-corrected chi connectivity index (χ4v) is 6.18. The molecular weight excluding hydrogens is 500 g/mol. The SMILES string of the molecule is CCCCCCCCCCCCCCCCC(CCCCCCCCCCC=CC(C)CCCCCCC)C(=O)O. The maximum atomic E-state index is 11.7. The van der Waals surface area contributed by atoms with E-state index in [0.717, 1.165) is 31.6 Å². The minimum Gasteiger partial charge on any atom is -0.481 e. The Morgan fingerprint density at radius 3 is 1.17 bits per heavy atom. The van der Waals surface area contributed by atoms with Crippen LogP contribution in [0.3, 0.4) is 0 Å². The van der Waals surface area contributed by atoms with Gasteiger partial charge in [0, 0.05) is 0 Å². The summed E-state index contributed by atoms with van der Waals surface area (Å²) in [5.41, 5.74) is 0. The molecule has 0 radical (unpaired) electrons. The lowest BCUT2D eigenvalue weighted by Gasteiger charge is -2.12. The summed E-state index contributed by atoms with van der Waals surface area (Å²) in [4.78, 5) is 11.7. The topological polar surface area (TPSA) is 37.3 Å². The molecule has 0 saturated heterocycles. The predicted octanol–water partition coefficient (Wildman–Crippen LogP) is 14.0. The van der Waals surface area contributed by atoms with E-state index < -0.39 is 5.97 Å². The van der Waals surface area contributed by atoms with Gasteiger partial charge in [-0.05, 0) is 38.0 Å². The van der Waals surface area contributed by atoms with Gasteiger partial charge in [0.05, 0.1) is 5.92 Å². The summed E-state index contributed by atoms with van der Waals surface area (Å²) in [7, 11) is 0. The minimum absolute atomic E-state index is 0.107. The molecule has 0 spiro atoms. The molecule has 2 unspecified atom stereocenters. The monoisotopic (exact) mass is 577 g/mol. The van der Waals surface area contributed by atoms with Crippen molar-refractivity contribution in [3.05, 3.63) is 12.2 Å².